The summed E-state index contributed by atoms with van der Waals surface area (Å²) < 4.78 is 33.3. The monoisotopic (exact) mass is 415 g/mol. The van der Waals surface area contributed by atoms with Gasteiger partial charge in [-0.1, -0.05) is 26.5 Å². The minimum Gasteiger partial charge on any atom is -0.439 e. The first kappa shape index (κ1) is 21.0. The molecule has 0 radical (unpaired) electrons. The van der Waals surface area contributed by atoms with Gasteiger partial charge in [0, 0.05) is 31.4 Å². The number of sulfonamides is 1. The van der Waals surface area contributed by atoms with Gasteiger partial charge in [0.25, 0.3) is 0 Å². The number of carbonyl (C=O) groups excluding carboxylic acids is 1. The van der Waals surface area contributed by atoms with Crippen molar-refractivity contribution in [3.05, 3.63) is 61.3 Å². The van der Waals surface area contributed by atoms with E-state index in [9.17, 15) is 13.2 Å². The minimum absolute atomic E-state index is 0.0239. The Labute approximate surface area is 171 Å². The average molecular weight is 416 g/mol. The molecular weight excluding hydrogens is 390 g/mol. The van der Waals surface area contributed by atoms with Gasteiger partial charge in [-0.15, -0.1) is 0 Å². The molecule has 1 aromatic carbocycles. The number of carbonyl (C=O) groups is 1. The summed E-state index contributed by atoms with van der Waals surface area (Å²) in [6.45, 7) is 8.02. The number of ether oxygens (including phenoxy) is 1. The highest BCUT2D eigenvalue weighted by Crippen LogP contribution is 2.28. The molecule has 0 saturated carbocycles. The molecule has 1 amide bonds. The Morgan fingerprint density at radius 1 is 1.17 bits per heavy atom. The van der Waals surface area contributed by atoms with Gasteiger partial charge >= 0.3 is 0 Å². The van der Waals surface area contributed by atoms with E-state index in [1.807, 2.05) is 19.9 Å². The first-order chi connectivity index (χ1) is 13.8. The van der Waals surface area contributed by atoms with Crippen LogP contribution in [0.2, 0.25) is 0 Å². The summed E-state index contributed by atoms with van der Waals surface area (Å²) in [5, 5.41) is 2.91. The van der Waals surface area contributed by atoms with Crippen LogP contribution >= 0.6 is 0 Å². The van der Waals surface area contributed by atoms with Crippen molar-refractivity contribution in [1.82, 2.24) is 14.6 Å². The smallest absolute Gasteiger partial charge is 0.243 e. The van der Waals surface area contributed by atoms with Gasteiger partial charge in [0.05, 0.1) is 4.90 Å². The molecule has 2 unspecified atom stereocenters. The summed E-state index contributed by atoms with van der Waals surface area (Å²) in [6.07, 6.45) is 2.86. The van der Waals surface area contributed by atoms with Gasteiger partial charge < -0.3 is 10.1 Å². The molecule has 0 aliphatic carbocycles. The number of hydrogen-bond donors (Lipinski definition) is 1. The van der Waals surface area contributed by atoms with E-state index in [0.717, 1.165) is 0 Å². The van der Waals surface area contributed by atoms with Gasteiger partial charge in [0.2, 0.25) is 21.8 Å². The fraction of sp³-hybridized carbons (Fsp3) is 0.333. The number of aromatic nitrogens is 1. The molecule has 3 rings (SSSR count). The Kier molecular flexibility index (Phi) is 6.34. The molecule has 1 aromatic heterocycles. The Balaban J connectivity index is 1.72. The molecule has 1 aliphatic heterocycles. The van der Waals surface area contributed by atoms with E-state index in [0.29, 0.717) is 24.7 Å². The van der Waals surface area contributed by atoms with Crippen LogP contribution < -0.4 is 10.1 Å². The summed E-state index contributed by atoms with van der Waals surface area (Å²) in [6, 6.07) is 11.5. The second-order valence-electron chi connectivity index (χ2n) is 7.26. The van der Waals surface area contributed by atoms with E-state index in [-0.39, 0.29) is 28.7 Å². The van der Waals surface area contributed by atoms with Crippen molar-refractivity contribution in [2.24, 2.45) is 11.8 Å². The lowest BCUT2D eigenvalue weighted by atomic mass is 9.87. The Morgan fingerprint density at radius 2 is 1.83 bits per heavy atom. The van der Waals surface area contributed by atoms with Gasteiger partial charge in [0.1, 0.15) is 5.75 Å². The van der Waals surface area contributed by atoms with E-state index in [4.69, 9.17) is 4.74 Å². The zero-order valence-corrected chi connectivity index (χ0v) is 17.3. The molecule has 154 valence electrons. The predicted octanol–water partition coefficient (Wildman–Crippen LogP) is 2.82. The van der Waals surface area contributed by atoms with Crippen LogP contribution in [0.1, 0.15) is 13.8 Å². The number of pyridine rings is 1. The van der Waals surface area contributed by atoms with Gasteiger partial charge in [0.15, 0.2) is 0 Å². The summed E-state index contributed by atoms with van der Waals surface area (Å²) in [7, 11) is -3.65. The SMILES string of the molecule is C=CC(=O)NC1C(C)CN(S(=O)(=O)c2ccc(Oc3ccccn3)cc2)CC1C. The van der Waals surface area contributed by atoms with Crippen LogP contribution in [0.3, 0.4) is 0 Å². The molecule has 2 atom stereocenters. The summed E-state index contributed by atoms with van der Waals surface area (Å²) in [4.78, 5) is 15.9. The van der Waals surface area contributed by atoms with Crippen LogP contribution in [-0.4, -0.2) is 42.7 Å². The van der Waals surface area contributed by atoms with Gasteiger partial charge in [-0.2, -0.15) is 4.31 Å². The third-order valence-corrected chi connectivity index (χ3v) is 6.87. The fourth-order valence-corrected chi connectivity index (χ4v) is 5.21. The number of nitrogens with one attached hydrogen (secondary N) is 1. The lowest BCUT2D eigenvalue weighted by molar-refractivity contribution is -0.118. The lowest BCUT2D eigenvalue weighted by Crippen LogP contribution is -2.55. The molecule has 1 N–H and O–H groups in total. The van der Waals surface area contributed by atoms with Crippen LogP contribution in [0.25, 0.3) is 0 Å². The second kappa shape index (κ2) is 8.75. The van der Waals surface area contributed by atoms with Crippen LogP contribution in [0.5, 0.6) is 11.6 Å². The van der Waals surface area contributed by atoms with E-state index in [1.165, 1.54) is 22.5 Å². The summed E-state index contributed by atoms with van der Waals surface area (Å²) in [5.74, 6) is 0.659. The molecular formula is C21H25N3O4S. The average Bonchev–Trinajstić information content (AvgIpc) is 2.71. The maximum atomic E-state index is 13.1. The van der Waals surface area contributed by atoms with Crippen LogP contribution in [0, 0.1) is 11.8 Å². The van der Waals surface area contributed by atoms with E-state index in [1.54, 1.807) is 30.5 Å². The summed E-state index contributed by atoms with van der Waals surface area (Å²) in [5.41, 5.74) is 0. The van der Waals surface area contributed by atoms with Crippen molar-refractivity contribution < 1.29 is 17.9 Å². The molecule has 29 heavy (non-hydrogen) atoms. The number of nitrogens with zero attached hydrogens (tertiary/aromatic N) is 2. The maximum Gasteiger partial charge on any atom is 0.243 e. The highest BCUT2D eigenvalue weighted by molar-refractivity contribution is 7.89. The van der Waals surface area contributed by atoms with Crippen molar-refractivity contribution in [2.45, 2.75) is 24.8 Å². The highest BCUT2D eigenvalue weighted by Gasteiger charge is 2.38. The molecule has 0 spiro atoms. The second-order valence-corrected chi connectivity index (χ2v) is 9.19. The maximum absolute atomic E-state index is 13.1. The molecule has 1 saturated heterocycles. The predicted molar refractivity (Wildman–Crippen MR) is 110 cm³/mol. The largest absolute Gasteiger partial charge is 0.439 e. The quantitative estimate of drug-likeness (QED) is 0.733. The normalized spacial score (nSPS) is 22.6. The van der Waals surface area contributed by atoms with Gasteiger partial charge in [-0.25, -0.2) is 13.4 Å². The Bertz CT molecular complexity index is 949. The van der Waals surface area contributed by atoms with Crippen molar-refractivity contribution in [3.63, 3.8) is 0 Å². The molecule has 2 aromatic rings. The van der Waals surface area contributed by atoms with E-state index >= 15 is 0 Å². The van der Waals surface area contributed by atoms with Crippen LogP contribution in [0.4, 0.5) is 0 Å². The number of benzene rings is 1. The standard InChI is InChI=1S/C21H25N3O4S/c1-4-19(25)23-21-15(2)13-24(14-16(21)3)29(26,27)18-10-8-17(9-11-18)28-20-7-5-6-12-22-20/h4-12,15-16,21H,1,13-14H2,2-3H3,(H,23,25). The highest BCUT2D eigenvalue weighted by atomic mass is 32.2. The van der Waals surface area contributed by atoms with E-state index in [2.05, 4.69) is 16.9 Å². The van der Waals surface area contributed by atoms with Crippen molar-refractivity contribution in [1.29, 1.82) is 0 Å². The summed E-state index contributed by atoms with van der Waals surface area (Å²) >= 11 is 0. The molecule has 2 heterocycles. The lowest BCUT2D eigenvalue weighted by Gasteiger charge is -2.40. The fourth-order valence-electron chi connectivity index (χ4n) is 3.57. The third kappa shape index (κ3) is 4.83. The van der Waals surface area contributed by atoms with Crippen molar-refractivity contribution in [2.75, 3.05) is 13.1 Å². The van der Waals surface area contributed by atoms with Gasteiger partial charge in [-0.3, -0.25) is 4.79 Å². The van der Waals surface area contributed by atoms with Crippen molar-refractivity contribution >= 4 is 15.9 Å². The van der Waals surface area contributed by atoms with Crippen LogP contribution in [0.15, 0.2) is 66.2 Å². The zero-order chi connectivity index (χ0) is 21.0. The van der Waals surface area contributed by atoms with Crippen LogP contribution in [-0.2, 0) is 14.8 Å². The molecule has 1 aliphatic rings. The Hall–Kier alpha value is -2.71. The number of amides is 1. The number of rotatable bonds is 6. The molecule has 0 bridgehead atoms. The molecule has 8 heteroatoms. The topological polar surface area (TPSA) is 88.6 Å². The van der Waals surface area contributed by atoms with Gasteiger partial charge in [-0.05, 0) is 48.2 Å². The van der Waals surface area contributed by atoms with E-state index < -0.39 is 10.0 Å². The minimum atomic E-state index is -3.65. The Morgan fingerprint density at radius 3 is 2.38 bits per heavy atom. The third-order valence-electron chi connectivity index (χ3n) is 5.03. The first-order valence-corrected chi connectivity index (χ1v) is 10.9. The zero-order valence-electron chi connectivity index (χ0n) is 16.5. The molecule has 7 nitrogen and oxygen atoms in total. The number of hydrogen-bond acceptors (Lipinski definition) is 5. The number of piperidine rings is 1. The molecule has 1 fully saturated rings. The first-order valence-electron chi connectivity index (χ1n) is 9.43. The van der Waals surface area contributed by atoms with Crippen molar-refractivity contribution in [3.8, 4) is 11.6 Å².